The Kier molecular flexibility index (Phi) is 5.20. The minimum atomic E-state index is -0.455. The molecule has 0 unspecified atom stereocenters. The SMILES string of the molecule is Cn1c(=O)c2c(nc(N/N=C/c3ccccn3)n2Cc2cccc(Cl)c2)n(C)c1=O. The number of benzene rings is 1. The molecule has 30 heavy (non-hydrogen) atoms. The van der Waals surface area contributed by atoms with Crippen LogP contribution in [-0.4, -0.2) is 29.9 Å². The zero-order valence-corrected chi connectivity index (χ0v) is 17.0. The second-order valence-corrected chi connectivity index (χ2v) is 7.09. The highest BCUT2D eigenvalue weighted by molar-refractivity contribution is 6.30. The molecule has 0 fully saturated rings. The highest BCUT2D eigenvalue weighted by Gasteiger charge is 2.19. The predicted molar refractivity (Wildman–Crippen MR) is 116 cm³/mol. The second-order valence-electron chi connectivity index (χ2n) is 6.65. The van der Waals surface area contributed by atoms with E-state index < -0.39 is 11.2 Å². The molecule has 0 saturated heterocycles. The van der Waals surface area contributed by atoms with Crippen LogP contribution < -0.4 is 16.7 Å². The van der Waals surface area contributed by atoms with Crippen molar-refractivity contribution in [1.29, 1.82) is 0 Å². The summed E-state index contributed by atoms with van der Waals surface area (Å²) in [5.74, 6) is 0.315. The van der Waals surface area contributed by atoms with Crippen molar-refractivity contribution in [3.8, 4) is 0 Å². The molecular weight excluding hydrogens is 406 g/mol. The highest BCUT2D eigenvalue weighted by Crippen LogP contribution is 2.19. The van der Waals surface area contributed by atoms with Crippen LogP contribution in [0.5, 0.6) is 0 Å². The molecule has 152 valence electrons. The lowest BCUT2D eigenvalue weighted by Crippen LogP contribution is -2.37. The van der Waals surface area contributed by atoms with Crippen LogP contribution in [-0.2, 0) is 20.6 Å². The van der Waals surface area contributed by atoms with E-state index in [0.29, 0.717) is 23.2 Å². The van der Waals surface area contributed by atoms with Gasteiger partial charge in [0.25, 0.3) is 5.56 Å². The predicted octanol–water partition coefficient (Wildman–Crippen LogP) is 1.98. The third-order valence-electron chi connectivity index (χ3n) is 4.63. The molecule has 0 aliphatic heterocycles. The monoisotopic (exact) mass is 423 g/mol. The minimum Gasteiger partial charge on any atom is -0.298 e. The first-order valence-electron chi connectivity index (χ1n) is 9.06. The molecule has 4 aromatic rings. The van der Waals surface area contributed by atoms with E-state index in [1.54, 1.807) is 42.2 Å². The maximum absolute atomic E-state index is 12.9. The molecule has 9 nitrogen and oxygen atoms in total. The van der Waals surface area contributed by atoms with E-state index in [4.69, 9.17) is 11.6 Å². The van der Waals surface area contributed by atoms with Gasteiger partial charge in [0, 0.05) is 25.3 Å². The fourth-order valence-corrected chi connectivity index (χ4v) is 3.33. The van der Waals surface area contributed by atoms with Gasteiger partial charge in [-0.3, -0.25) is 23.5 Å². The van der Waals surface area contributed by atoms with Crippen LogP contribution in [0.1, 0.15) is 11.3 Å². The normalized spacial score (nSPS) is 11.4. The van der Waals surface area contributed by atoms with Crippen molar-refractivity contribution in [3.05, 3.63) is 85.8 Å². The van der Waals surface area contributed by atoms with Crippen LogP contribution in [0, 0.1) is 0 Å². The molecule has 3 aromatic heterocycles. The summed E-state index contributed by atoms with van der Waals surface area (Å²) >= 11 is 6.11. The lowest BCUT2D eigenvalue weighted by atomic mass is 10.2. The fraction of sp³-hybridized carbons (Fsp3) is 0.150. The number of imidazole rings is 1. The first-order valence-corrected chi connectivity index (χ1v) is 9.44. The quantitative estimate of drug-likeness (QED) is 0.391. The van der Waals surface area contributed by atoms with Crippen molar-refractivity contribution < 1.29 is 0 Å². The lowest BCUT2D eigenvalue weighted by molar-refractivity contribution is 0.702. The maximum atomic E-state index is 12.9. The number of pyridine rings is 1. The Morgan fingerprint density at radius 2 is 1.97 bits per heavy atom. The van der Waals surface area contributed by atoms with Crippen LogP contribution >= 0.6 is 11.6 Å². The van der Waals surface area contributed by atoms with Gasteiger partial charge in [-0.05, 0) is 29.8 Å². The number of anilines is 1. The van der Waals surface area contributed by atoms with Gasteiger partial charge in [0.2, 0.25) is 5.95 Å². The van der Waals surface area contributed by atoms with Crippen LogP contribution in [0.15, 0.2) is 63.4 Å². The Bertz CT molecular complexity index is 1370. The second kappa shape index (κ2) is 7.96. The number of nitrogens with zero attached hydrogens (tertiary/aromatic N) is 6. The molecule has 0 amide bonds. The van der Waals surface area contributed by atoms with Crippen molar-refractivity contribution in [3.63, 3.8) is 0 Å². The first kappa shape index (κ1) is 19.6. The molecular formula is C20H18ClN7O2. The number of nitrogens with one attached hydrogen (secondary N) is 1. The van der Waals surface area contributed by atoms with Gasteiger partial charge in [-0.15, -0.1) is 0 Å². The summed E-state index contributed by atoms with van der Waals surface area (Å²) in [5, 5.41) is 4.77. The molecule has 10 heteroatoms. The Hall–Kier alpha value is -3.72. The molecule has 0 radical (unpaired) electrons. The van der Waals surface area contributed by atoms with Crippen molar-refractivity contribution in [2.24, 2.45) is 19.2 Å². The van der Waals surface area contributed by atoms with E-state index in [1.807, 2.05) is 24.3 Å². The molecule has 0 aliphatic carbocycles. The molecule has 3 heterocycles. The number of hydrazone groups is 1. The molecule has 1 N–H and O–H groups in total. The largest absolute Gasteiger partial charge is 0.332 e. The number of hydrogen-bond acceptors (Lipinski definition) is 6. The van der Waals surface area contributed by atoms with Gasteiger partial charge in [0.1, 0.15) is 0 Å². The Morgan fingerprint density at radius 3 is 2.70 bits per heavy atom. The van der Waals surface area contributed by atoms with Crippen molar-refractivity contribution in [2.45, 2.75) is 6.54 Å². The molecule has 0 spiro atoms. The summed E-state index contributed by atoms with van der Waals surface area (Å²) in [6, 6.07) is 12.8. The Balaban J connectivity index is 1.84. The van der Waals surface area contributed by atoms with Crippen LogP contribution in [0.3, 0.4) is 0 Å². The average molecular weight is 424 g/mol. The van der Waals surface area contributed by atoms with Crippen LogP contribution in [0.2, 0.25) is 5.02 Å². The average Bonchev–Trinajstić information content (AvgIpc) is 3.10. The molecule has 0 aliphatic rings. The van der Waals surface area contributed by atoms with Gasteiger partial charge >= 0.3 is 5.69 Å². The number of fused-ring (bicyclic) bond motifs is 1. The number of rotatable bonds is 5. The van der Waals surface area contributed by atoms with Crippen LogP contribution in [0.4, 0.5) is 5.95 Å². The summed E-state index contributed by atoms with van der Waals surface area (Å²) in [7, 11) is 3.01. The number of halogens is 1. The molecule has 0 saturated carbocycles. The van der Waals surface area contributed by atoms with Gasteiger partial charge in [-0.25, -0.2) is 10.2 Å². The van der Waals surface area contributed by atoms with Gasteiger partial charge in [0.05, 0.1) is 18.5 Å². The van der Waals surface area contributed by atoms with E-state index in [1.165, 1.54) is 11.6 Å². The number of aryl methyl sites for hydroxylation is 1. The van der Waals surface area contributed by atoms with Crippen LogP contribution in [0.25, 0.3) is 11.2 Å². The van der Waals surface area contributed by atoms with E-state index >= 15 is 0 Å². The van der Waals surface area contributed by atoms with Gasteiger partial charge in [-0.1, -0.05) is 29.8 Å². The number of hydrogen-bond donors (Lipinski definition) is 1. The molecule has 0 bridgehead atoms. The maximum Gasteiger partial charge on any atom is 0.332 e. The van der Waals surface area contributed by atoms with Crippen molar-refractivity contribution in [1.82, 2.24) is 23.7 Å². The molecule has 4 rings (SSSR count). The van der Waals surface area contributed by atoms with Gasteiger partial charge in [0.15, 0.2) is 11.2 Å². The van der Waals surface area contributed by atoms with Crippen molar-refractivity contribution >= 4 is 34.9 Å². The highest BCUT2D eigenvalue weighted by atomic mass is 35.5. The van der Waals surface area contributed by atoms with Gasteiger partial charge < -0.3 is 0 Å². The summed E-state index contributed by atoms with van der Waals surface area (Å²) in [4.78, 5) is 33.8. The Labute approximate surface area is 175 Å². The van der Waals surface area contributed by atoms with Crippen molar-refractivity contribution in [2.75, 3.05) is 5.43 Å². The van der Waals surface area contributed by atoms with E-state index in [2.05, 4.69) is 20.5 Å². The summed E-state index contributed by atoms with van der Waals surface area (Å²) in [5.41, 5.74) is 4.05. The van der Waals surface area contributed by atoms with E-state index in [0.717, 1.165) is 10.1 Å². The fourth-order valence-electron chi connectivity index (χ4n) is 3.11. The zero-order chi connectivity index (χ0) is 21.3. The standard InChI is InChI=1S/C20H18ClN7O2/c1-26-17-16(18(29)27(2)20(26)30)28(12-13-6-5-7-14(21)10-13)19(24-17)25-23-11-15-8-3-4-9-22-15/h3-11H,12H2,1-2H3,(H,24,25)/b23-11+. The summed E-state index contributed by atoms with van der Waals surface area (Å²) in [6.45, 7) is 0.311. The van der Waals surface area contributed by atoms with Gasteiger partial charge in [-0.2, -0.15) is 10.1 Å². The number of aromatic nitrogens is 5. The first-order chi connectivity index (χ1) is 14.5. The van der Waals surface area contributed by atoms with E-state index in [-0.39, 0.29) is 11.2 Å². The minimum absolute atomic E-state index is 0.265. The zero-order valence-electron chi connectivity index (χ0n) is 16.3. The third kappa shape index (κ3) is 3.62. The lowest BCUT2D eigenvalue weighted by Gasteiger charge is -2.09. The molecule has 0 atom stereocenters. The molecule has 1 aromatic carbocycles. The summed E-state index contributed by atoms with van der Waals surface area (Å²) < 4.78 is 4.07. The summed E-state index contributed by atoms with van der Waals surface area (Å²) in [6.07, 6.45) is 3.20. The third-order valence-corrected chi connectivity index (χ3v) is 4.86. The topological polar surface area (TPSA) is 99.1 Å². The smallest absolute Gasteiger partial charge is 0.298 e. The van der Waals surface area contributed by atoms with E-state index in [9.17, 15) is 9.59 Å². The Morgan fingerprint density at radius 1 is 1.13 bits per heavy atom.